The number of sulfonamides is 1. The minimum Gasteiger partial charge on any atom is -0.317 e. The number of nitrogens with one attached hydrogen (secondary N) is 5. The van der Waals surface area contributed by atoms with Gasteiger partial charge in [-0.3, -0.25) is 4.21 Å². The molecule has 7 N–H and O–H groups in total. The Bertz CT molecular complexity index is 1050. The molecule has 0 saturated carbocycles. The van der Waals surface area contributed by atoms with Gasteiger partial charge >= 0.3 is 0 Å². The van der Waals surface area contributed by atoms with Crippen molar-refractivity contribution < 1.29 is 12.6 Å². The molecule has 2 aromatic rings. The lowest BCUT2D eigenvalue weighted by atomic mass is 9.88. The standard InChI is InChI=1S/C19H26N6O3S2/c1-29(26)16-7-6-15(17(18(16)30(20,27)28)19-22-24-25-23-19)14-4-2-12(3-5-14)13-8-10-21-11-9-13/h2-7,13,19,21-25H,8-11H2,1H3,(H2,20,27,28). The second-order valence-corrected chi connectivity index (χ2v) is 10.3. The van der Waals surface area contributed by atoms with Crippen LogP contribution in [0.4, 0.5) is 0 Å². The molecule has 0 radical (unpaired) electrons. The van der Waals surface area contributed by atoms with E-state index in [1.54, 1.807) is 12.1 Å². The molecule has 0 aliphatic carbocycles. The summed E-state index contributed by atoms with van der Waals surface area (Å²) in [6.07, 6.45) is 3.04. The Morgan fingerprint density at radius 2 is 1.63 bits per heavy atom. The van der Waals surface area contributed by atoms with Gasteiger partial charge in [0.1, 0.15) is 11.1 Å². The molecule has 1 unspecified atom stereocenters. The van der Waals surface area contributed by atoms with Crippen molar-refractivity contribution in [2.45, 2.75) is 34.7 Å². The summed E-state index contributed by atoms with van der Waals surface area (Å²) in [5.41, 5.74) is 14.5. The van der Waals surface area contributed by atoms with Crippen LogP contribution in [0.25, 0.3) is 11.1 Å². The lowest BCUT2D eigenvalue weighted by Crippen LogP contribution is -2.33. The van der Waals surface area contributed by atoms with Gasteiger partial charge in [-0.05, 0) is 54.6 Å². The summed E-state index contributed by atoms with van der Waals surface area (Å²) >= 11 is 0. The highest BCUT2D eigenvalue weighted by Crippen LogP contribution is 2.37. The van der Waals surface area contributed by atoms with Crippen LogP contribution in [0.5, 0.6) is 0 Å². The van der Waals surface area contributed by atoms with Crippen molar-refractivity contribution in [3.05, 3.63) is 47.5 Å². The molecule has 0 bridgehead atoms. The molecule has 4 rings (SSSR count). The zero-order valence-corrected chi connectivity index (χ0v) is 18.2. The van der Waals surface area contributed by atoms with Crippen molar-refractivity contribution in [1.29, 1.82) is 0 Å². The van der Waals surface area contributed by atoms with Gasteiger partial charge in [-0.2, -0.15) is 11.1 Å². The van der Waals surface area contributed by atoms with Gasteiger partial charge in [-0.1, -0.05) is 30.3 Å². The number of hydrogen-bond donors (Lipinski definition) is 6. The Morgan fingerprint density at radius 1 is 1.00 bits per heavy atom. The van der Waals surface area contributed by atoms with Crippen LogP contribution < -0.4 is 32.4 Å². The second-order valence-electron chi connectivity index (χ2n) is 7.47. The molecule has 2 fully saturated rings. The van der Waals surface area contributed by atoms with Crippen LogP contribution in [-0.4, -0.2) is 32.0 Å². The zero-order chi connectivity index (χ0) is 21.3. The predicted octanol–water partition coefficient (Wildman–Crippen LogP) is 0.321. The fourth-order valence-corrected chi connectivity index (χ4v) is 6.34. The minimum absolute atomic E-state index is 0.126. The number of benzene rings is 2. The number of nitrogens with two attached hydrogens (primary N) is 1. The van der Waals surface area contributed by atoms with Crippen molar-refractivity contribution in [2.75, 3.05) is 19.3 Å². The van der Waals surface area contributed by atoms with Crippen LogP contribution >= 0.6 is 0 Å². The number of primary sulfonamides is 1. The second kappa shape index (κ2) is 8.81. The monoisotopic (exact) mass is 450 g/mol. The molecule has 2 saturated heterocycles. The molecule has 2 heterocycles. The first kappa shape index (κ1) is 21.5. The van der Waals surface area contributed by atoms with Crippen molar-refractivity contribution in [2.24, 2.45) is 5.14 Å². The molecular formula is C19H26N6O3S2. The first-order valence-electron chi connectivity index (χ1n) is 9.71. The Balaban J connectivity index is 1.84. The third-order valence-electron chi connectivity index (χ3n) is 5.57. The lowest BCUT2D eigenvalue weighted by Gasteiger charge is -2.24. The molecule has 0 amide bonds. The van der Waals surface area contributed by atoms with E-state index in [4.69, 9.17) is 5.14 Å². The third-order valence-corrected chi connectivity index (χ3v) is 7.67. The Hall–Kier alpha value is -1.70. The van der Waals surface area contributed by atoms with Crippen LogP contribution in [0.1, 0.15) is 36.1 Å². The summed E-state index contributed by atoms with van der Waals surface area (Å²) in [6.45, 7) is 2.03. The normalized spacial score (nSPS) is 19.8. The van der Waals surface area contributed by atoms with Gasteiger partial charge in [0, 0.05) is 11.8 Å². The fourth-order valence-electron chi connectivity index (χ4n) is 4.12. The topological polar surface area (TPSA) is 137 Å². The molecule has 162 valence electrons. The van der Waals surface area contributed by atoms with E-state index in [-0.39, 0.29) is 9.79 Å². The van der Waals surface area contributed by atoms with E-state index < -0.39 is 27.0 Å². The SMILES string of the molecule is CS(=O)c1ccc(-c2ccc(C3CCNCC3)cc2)c(C2NNNN2)c1S(N)(=O)=O. The smallest absolute Gasteiger partial charge is 0.239 e. The van der Waals surface area contributed by atoms with E-state index >= 15 is 0 Å². The Kier molecular flexibility index (Phi) is 6.32. The van der Waals surface area contributed by atoms with Gasteiger partial charge < -0.3 is 5.32 Å². The summed E-state index contributed by atoms with van der Waals surface area (Å²) in [5.74, 6) is 0.524. The largest absolute Gasteiger partial charge is 0.317 e. The predicted molar refractivity (Wildman–Crippen MR) is 116 cm³/mol. The van der Waals surface area contributed by atoms with Crippen LogP contribution in [0.2, 0.25) is 0 Å². The van der Waals surface area contributed by atoms with E-state index in [1.807, 2.05) is 12.1 Å². The lowest BCUT2D eigenvalue weighted by molar-refractivity contribution is 0.460. The third kappa shape index (κ3) is 4.34. The van der Waals surface area contributed by atoms with E-state index in [0.29, 0.717) is 17.0 Å². The van der Waals surface area contributed by atoms with Crippen molar-refractivity contribution in [3.8, 4) is 11.1 Å². The minimum atomic E-state index is -4.14. The zero-order valence-electron chi connectivity index (χ0n) is 16.6. The van der Waals surface area contributed by atoms with Crippen LogP contribution in [0.15, 0.2) is 46.2 Å². The first-order chi connectivity index (χ1) is 14.4. The summed E-state index contributed by atoms with van der Waals surface area (Å²) < 4.78 is 37.3. The van der Waals surface area contributed by atoms with Crippen molar-refractivity contribution >= 4 is 20.8 Å². The summed E-state index contributed by atoms with van der Waals surface area (Å²) in [6, 6.07) is 11.6. The fraction of sp³-hybridized carbons (Fsp3) is 0.368. The maximum absolute atomic E-state index is 12.5. The van der Waals surface area contributed by atoms with E-state index in [2.05, 4.69) is 39.4 Å². The van der Waals surface area contributed by atoms with Gasteiger partial charge in [-0.15, -0.1) is 0 Å². The maximum atomic E-state index is 12.5. The number of piperidine rings is 1. The summed E-state index contributed by atoms with van der Waals surface area (Å²) in [4.78, 5) is 0.0526. The molecule has 1 atom stereocenters. The van der Waals surface area contributed by atoms with Gasteiger partial charge in [0.2, 0.25) is 10.0 Å². The molecule has 2 aliphatic rings. The summed E-state index contributed by atoms with van der Waals surface area (Å²) in [7, 11) is -5.67. The summed E-state index contributed by atoms with van der Waals surface area (Å²) in [5, 5.41) is 8.94. The molecule has 9 nitrogen and oxygen atoms in total. The number of hydrazine groups is 3. The molecule has 2 aromatic carbocycles. The van der Waals surface area contributed by atoms with Crippen molar-refractivity contribution in [1.82, 2.24) is 27.2 Å². The molecule has 0 aromatic heterocycles. The van der Waals surface area contributed by atoms with E-state index in [1.165, 1.54) is 11.8 Å². The first-order valence-corrected chi connectivity index (χ1v) is 12.8. The van der Waals surface area contributed by atoms with Crippen molar-refractivity contribution in [3.63, 3.8) is 0 Å². The van der Waals surface area contributed by atoms with Gasteiger partial charge in [0.15, 0.2) is 0 Å². The quantitative estimate of drug-likeness (QED) is 0.383. The highest BCUT2D eigenvalue weighted by Gasteiger charge is 2.31. The Labute approximate surface area is 178 Å². The highest BCUT2D eigenvalue weighted by molar-refractivity contribution is 7.90. The molecule has 30 heavy (non-hydrogen) atoms. The van der Waals surface area contributed by atoms with Gasteiger partial charge in [-0.25, -0.2) is 24.4 Å². The van der Waals surface area contributed by atoms with E-state index in [9.17, 15) is 12.6 Å². The van der Waals surface area contributed by atoms with Crippen LogP contribution in [-0.2, 0) is 20.8 Å². The Morgan fingerprint density at radius 3 is 2.20 bits per heavy atom. The number of hydrogen-bond acceptors (Lipinski definition) is 8. The number of rotatable bonds is 5. The molecular weight excluding hydrogens is 424 g/mol. The molecule has 11 heteroatoms. The average molecular weight is 451 g/mol. The maximum Gasteiger partial charge on any atom is 0.239 e. The van der Waals surface area contributed by atoms with E-state index in [0.717, 1.165) is 31.5 Å². The highest BCUT2D eigenvalue weighted by atomic mass is 32.2. The van der Waals surface area contributed by atoms with Crippen LogP contribution in [0, 0.1) is 0 Å². The average Bonchev–Trinajstić information content (AvgIpc) is 3.27. The van der Waals surface area contributed by atoms with Gasteiger partial charge in [0.25, 0.3) is 0 Å². The van der Waals surface area contributed by atoms with Gasteiger partial charge in [0.05, 0.1) is 15.7 Å². The molecule has 2 aliphatic heterocycles. The molecule has 0 spiro atoms. The van der Waals surface area contributed by atoms with Crippen LogP contribution in [0.3, 0.4) is 0 Å².